The van der Waals surface area contributed by atoms with Gasteiger partial charge in [0.15, 0.2) is 0 Å². The Hall–Kier alpha value is -3.33. The van der Waals surface area contributed by atoms with E-state index in [1.807, 2.05) is 53.4 Å². The lowest BCUT2D eigenvalue weighted by atomic mass is 9.92. The minimum Gasteiger partial charge on any atom is -0.374 e. The van der Waals surface area contributed by atoms with Gasteiger partial charge in [0.25, 0.3) is 5.91 Å². The summed E-state index contributed by atoms with van der Waals surface area (Å²) < 4.78 is 0. The first-order valence-corrected chi connectivity index (χ1v) is 10.2. The van der Waals surface area contributed by atoms with Gasteiger partial charge in [-0.15, -0.1) is 0 Å². The molecule has 0 N–H and O–H groups in total. The van der Waals surface area contributed by atoms with Crippen LogP contribution in [0.4, 0.5) is 11.4 Å². The van der Waals surface area contributed by atoms with E-state index in [-0.39, 0.29) is 11.9 Å². The van der Waals surface area contributed by atoms with Crippen LogP contribution in [0.1, 0.15) is 39.5 Å². The van der Waals surface area contributed by atoms with Crippen LogP contribution in [0, 0.1) is 0 Å². The average molecular weight is 380 g/mol. The van der Waals surface area contributed by atoms with Crippen molar-refractivity contribution in [3.05, 3.63) is 101 Å². The smallest absolute Gasteiger partial charge is 0.259 e. The number of anilines is 2. The summed E-state index contributed by atoms with van der Waals surface area (Å²) in [4.78, 5) is 17.8. The Morgan fingerprint density at radius 2 is 1.72 bits per heavy atom. The van der Waals surface area contributed by atoms with Crippen LogP contribution < -0.4 is 9.80 Å². The summed E-state index contributed by atoms with van der Waals surface area (Å²) in [7, 11) is 2.15. The number of carbonyl (C=O) groups excluding carboxylic acids is 1. The van der Waals surface area contributed by atoms with Crippen molar-refractivity contribution in [2.45, 2.75) is 18.9 Å². The Kier molecular flexibility index (Phi) is 4.44. The molecule has 0 unspecified atom stereocenters. The van der Waals surface area contributed by atoms with Gasteiger partial charge in [-0.05, 0) is 53.8 Å². The maximum atomic E-state index is 13.6. The predicted molar refractivity (Wildman–Crippen MR) is 120 cm³/mol. The van der Waals surface area contributed by atoms with Crippen LogP contribution in [0.15, 0.2) is 78.9 Å². The van der Waals surface area contributed by atoms with E-state index in [0.717, 1.165) is 29.8 Å². The van der Waals surface area contributed by atoms with E-state index in [4.69, 9.17) is 0 Å². The van der Waals surface area contributed by atoms with Gasteiger partial charge < -0.3 is 4.90 Å². The van der Waals surface area contributed by atoms with Crippen molar-refractivity contribution in [2.75, 3.05) is 23.4 Å². The third-order valence-corrected chi connectivity index (χ3v) is 5.97. The van der Waals surface area contributed by atoms with Gasteiger partial charge in [0.05, 0.1) is 11.7 Å². The number of nitrogens with zero attached hydrogens (tertiary/aromatic N) is 2. The van der Waals surface area contributed by atoms with Gasteiger partial charge >= 0.3 is 0 Å². The fourth-order valence-corrected chi connectivity index (χ4v) is 4.48. The van der Waals surface area contributed by atoms with Crippen LogP contribution in [0.2, 0.25) is 0 Å². The number of aryl methyl sites for hydroxylation is 1. The number of rotatable bonds is 2. The monoisotopic (exact) mass is 380 g/mol. The van der Waals surface area contributed by atoms with Crippen LogP contribution in [0.25, 0.3) is 6.08 Å². The molecule has 2 aliphatic heterocycles. The highest BCUT2D eigenvalue weighted by molar-refractivity contribution is 6.08. The molecule has 0 saturated heterocycles. The summed E-state index contributed by atoms with van der Waals surface area (Å²) in [6.45, 7) is 1.10. The topological polar surface area (TPSA) is 23.6 Å². The van der Waals surface area contributed by atoms with Crippen molar-refractivity contribution >= 4 is 23.4 Å². The fourth-order valence-electron chi connectivity index (χ4n) is 4.48. The summed E-state index contributed by atoms with van der Waals surface area (Å²) in [6.07, 6.45) is 6.55. The minimum absolute atomic E-state index is 0.0299. The van der Waals surface area contributed by atoms with Crippen molar-refractivity contribution < 1.29 is 4.79 Å². The zero-order chi connectivity index (χ0) is 19.8. The van der Waals surface area contributed by atoms with Gasteiger partial charge in [-0.25, -0.2) is 0 Å². The molecule has 0 aliphatic carbocycles. The molecule has 5 rings (SSSR count). The maximum absolute atomic E-state index is 13.6. The average Bonchev–Trinajstić information content (AvgIpc) is 2.78. The van der Waals surface area contributed by atoms with Crippen LogP contribution >= 0.6 is 0 Å². The maximum Gasteiger partial charge on any atom is 0.259 e. The van der Waals surface area contributed by atoms with Gasteiger partial charge in [-0.2, -0.15) is 0 Å². The van der Waals surface area contributed by atoms with Gasteiger partial charge in [0.1, 0.15) is 0 Å². The highest BCUT2D eigenvalue weighted by Gasteiger charge is 2.30. The Labute approximate surface area is 171 Å². The predicted octanol–water partition coefficient (Wildman–Crippen LogP) is 5.48. The van der Waals surface area contributed by atoms with Crippen LogP contribution in [-0.4, -0.2) is 19.5 Å². The minimum atomic E-state index is -0.116. The third kappa shape index (κ3) is 3.13. The molecule has 0 aromatic heterocycles. The lowest BCUT2D eigenvalue weighted by Crippen LogP contribution is -2.36. The Bertz CT molecular complexity index is 1090. The van der Waals surface area contributed by atoms with Crippen molar-refractivity contribution in [2.24, 2.45) is 0 Å². The summed E-state index contributed by atoms with van der Waals surface area (Å²) in [5.41, 5.74) is 6.58. The standard InChI is InChI=1S/C26H24N2O/c1-27-17-7-11-21-18-22(14-15-23(21)27)25-16-13-19-8-5-6-12-24(19)28(25)26(29)20-9-3-2-4-10-20/h2-6,8-10,12-16,18,25H,7,11,17H2,1H3/t25-/m1/s1. The Balaban J connectivity index is 1.61. The SMILES string of the molecule is CN1CCCc2cc([C@H]3C=Cc4ccccc4N3C(=O)c3ccccc3)ccc21. The molecule has 3 aromatic rings. The molecular formula is C26H24N2O. The largest absolute Gasteiger partial charge is 0.374 e. The number of hydrogen-bond donors (Lipinski definition) is 0. The molecule has 3 aromatic carbocycles. The Morgan fingerprint density at radius 1 is 0.931 bits per heavy atom. The number of hydrogen-bond acceptors (Lipinski definition) is 2. The van der Waals surface area contributed by atoms with E-state index in [2.05, 4.69) is 48.4 Å². The van der Waals surface area contributed by atoms with E-state index in [9.17, 15) is 4.79 Å². The van der Waals surface area contributed by atoms with Crippen molar-refractivity contribution in [3.8, 4) is 0 Å². The first-order valence-electron chi connectivity index (χ1n) is 10.2. The second-order valence-corrected chi connectivity index (χ2v) is 7.82. The molecule has 2 heterocycles. The first kappa shape index (κ1) is 17.7. The zero-order valence-electron chi connectivity index (χ0n) is 16.6. The highest BCUT2D eigenvalue weighted by Crippen LogP contribution is 2.39. The summed E-state index contributed by atoms with van der Waals surface area (Å²) >= 11 is 0. The molecule has 0 saturated carbocycles. The zero-order valence-corrected chi connectivity index (χ0v) is 16.6. The molecule has 1 amide bonds. The highest BCUT2D eigenvalue weighted by atomic mass is 16.2. The van der Waals surface area contributed by atoms with Crippen molar-refractivity contribution in [3.63, 3.8) is 0 Å². The van der Waals surface area contributed by atoms with Crippen molar-refractivity contribution in [1.82, 2.24) is 0 Å². The molecule has 0 radical (unpaired) electrons. The number of benzene rings is 3. The molecule has 2 aliphatic rings. The molecular weight excluding hydrogens is 356 g/mol. The Morgan fingerprint density at radius 3 is 2.59 bits per heavy atom. The molecule has 3 heteroatoms. The fraction of sp³-hybridized carbons (Fsp3) is 0.192. The van der Waals surface area contributed by atoms with Gasteiger partial charge in [-0.1, -0.05) is 60.7 Å². The normalized spacial score (nSPS) is 17.6. The second-order valence-electron chi connectivity index (χ2n) is 7.82. The first-order chi connectivity index (χ1) is 14.2. The van der Waals surface area contributed by atoms with Crippen LogP contribution in [0.5, 0.6) is 0 Å². The molecule has 0 spiro atoms. The summed E-state index contributed by atoms with van der Waals surface area (Å²) in [5.74, 6) is 0.0299. The lowest BCUT2D eigenvalue weighted by Gasteiger charge is -2.35. The van der Waals surface area contributed by atoms with E-state index >= 15 is 0 Å². The number of para-hydroxylation sites is 1. The summed E-state index contributed by atoms with van der Waals surface area (Å²) in [6, 6.07) is 24.3. The van der Waals surface area contributed by atoms with Crippen molar-refractivity contribution in [1.29, 1.82) is 0 Å². The van der Waals surface area contributed by atoms with E-state index < -0.39 is 0 Å². The van der Waals surface area contributed by atoms with Gasteiger partial charge in [-0.3, -0.25) is 9.69 Å². The number of fused-ring (bicyclic) bond motifs is 2. The van der Waals surface area contributed by atoms with Crippen LogP contribution in [-0.2, 0) is 6.42 Å². The van der Waals surface area contributed by atoms with E-state index in [1.54, 1.807) is 0 Å². The second kappa shape index (κ2) is 7.25. The number of carbonyl (C=O) groups is 1. The van der Waals surface area contributed by atoms with E-state index in [0.29, 0.717) is 5.56 Å². The molecule has 0 bridgehead atoms. The molecule has 144 valence electrons. The molecule has 1 atom stereocenters. The van der Waals surface area contributed by atoms with Crippen LogP contribution in [0.3, 0.4) is 0 Å². The van der Waals surface area contributed by atoms with Gasteiger partial charge in [0, 0.05) is 24.8 Å². The summed E-state index contributed by atoms with van der Waals surface area (Å²) in [5, 5.41) is 0. The van der Waals surface area contributed by atoms with Gasteiger partial charge in [0.2, 0.25) is 0 Å². The quantitative estimate of drug-likeness (QED) is 0.587. The number of amides is 1. The third-order valence-electron chi connectivity index (χ3n) is 5.97. The molecule has 29 heavy (non-hydrogen) atoms. The molecule has 0 fully saturated rings. The lowest BCUT2D eigenvalue weighted by molar-refractivity contribution is 0.0980. The molecule has 3 nitrogen and oxygen atoms in total. The van der Waals surface area contributed by atoms with E-state index in [1.165, 1.54) is 17.7 Å².